The predicted octanol–water partition coefficient (Wildman–Crippen LogP) is -0.313. The Morgan fingerprint density at radius 3 is 2.57 bits per heavy atom. The molecule has 122 valence electrons. The number of hydrogen-bond donors (Lipinski definition) is 2. The topological polar surface area (TPSA) is 95.6 Å². The molecule has 0 bridgehead atoms. The molecule has 1 aliphatic heterocycles. The van der Waals surface area contributed by atoms with Crippen molar-refractivity contribution < 1.29 is 18.0 Å². The highest BCUT2D eigenvalue weighted by Gasteiger charge is 2.35. The van der Waals surface area contributed by atoms with Crippen molar-refractivity contribution in [2.75, 3.05) is 18.8 Å². The van der Waals surface area contributed by atoms with Crippen LogP contribution in [0.4, 0.5) is 0 Å². The molecule has 1 rings (SSSR count). The second kappa shape index (κ2) is 7.22. The Labute approximate surface area is 126 Å². The van der Waals surface area contributed by atoms with Gasteiger partial charge in [-0.15, -0.1) is 0 Å². The molecular weight excluding hydrogens is 294 g/mol. The van der Waals surface area contributed by atoms with Gasteiger partial charge in [-0.3, -0.25) is 9.59 Å². The van der Waals surface area contributed by atoms with Crippen LogP contribution < -0.4 is 10.0 Å². The van der Waals surface area contributed by atoms with E-state index in [2.05, 4.69) is 10.0 Å². The van der Waals surface area contributed by atoms with Gasteiger partial charge in [-0.25, -0.2) is 13.1 Å². The normalized spacial score (nSPS) is 21.3. The SMILES string of the molecule is CCS(=O)(=O)N[C@H](C)C(=O)N1CCNC(=O)[C@@H]1CC(C)C. The molecule has 2 N–H and O–H groups in total. The first-order valence-corrected chi connectivity index (χ1v) is 8.91. The number of hydrogen-bond acceptors (Lipinski definition) is 4. The minimum absolute atomic E-state index is 0.0828. The van der Waals surface area contributed by atoms with Gasteiger partial charge in [0.1, 0.15) is 6.04 Å². The summed E-state index contributed by atoms with van der Waals surface area (Å²) in [6.45, 7) is 7.78. The standard InChI is InChI=1S/C13H25N3O4S/c1-5-21(19,20)15-10(4)13(18)16-7-6-14-12(17)11(16)8-9(2)3/h9-11,15H,5-8H2,1-4H3,(H,14,17)/t10-,11+/m1/s1. The van der Waals surface area contributed by atoms with Gasteiger partial charge in [0.15, 0.2) is 0 Å². The molecule has 0 aromatic rings. The van der Waals surface area contributed by atoms with E-state index in [-0.39, 0.29) is 23.5 Å². The number of sulfonamides is 1. The van der Waals surface area contributed by atoms with Gasteiger partial charge in [0.2, 0.25) is 21.8 Å². The highest BCUT2D eigenvalue weighted by molar-refractivity contribution is 7.89. The summed E-state index contributed by atoms with van der Waals surface area (Å²) < 4.78 is 25.5. The molecular formula is C13H25N3O4S. The van der Waals surface area contributed by atoms with Crippen LogP contribution in [0.25, 0.3) is 0 Å². The molecule has 0 aliphatic carbocycles. The molecule has 1 heterocycles. The van der Waals surface area contributed by atoms with Crippen LogP contribution in [0.2, 0.25) is 0 Å². The van der Waals surface area contributed by atoms with Crippen molar-refractivity contribution in [3.05, 3.63) is 0 Å². The summed E-state index contributed by atoms with van der Waals surface area (Å²) >= 11 is 0. The Hall–Kier alpha value is -1.15. The van der Waals surface area contributed by atoms with Crippen molar-refractivity contribution in [3.63, 3.8) is 0 Å². The molecule has 0 aromatic carbocycles. The fourth-order valence-electron chi connectivity index (χ4n) is 2.31. The number of carbonyl (C=O) groups is 2. The average Bonchev–Trinajstić information content (AvgIpc) is 2.39. The lowest BCUT2D eigenvalue weighted by Crippen LogP contribution is -2.61. The first-order valence-electron chi connectivity index (χ1n) is 7.26. The number of carbonyl (C=O) groups excluding carboxylic acids is 2. The quantitative estimate of drug-likeness (QED) is 0.702. The van der Waals surface area contributed by atoms with Gasteiger partial charge in [-0.1, -0.05) is 13.8 Å². The van der Waals surface area contributed by atoms with E-state index in [4.69, 9.17) is 0 Å². The van der Waals surface area contributed by atoms with Crippen molar-refractivity contribution in [1.29, 1.82) is 0 Å². The number of nitrogens with one attached hydrogen (secondary N) is 2. The first kappa shape index (κ1) is 17.9. The lowest BCUT2D eigenvalue weighted by atomic mass is 9.99. The molecule has 0 saturated carbocycles. The Morgan fingerprint density at radius 1 is 1.43 bits per heavy atom. The summed E-state index contributed by atoms with van der Waals surface area (Å²) in [4.78, 5) is 25.9. The zero-order chi connectivity index (χ0) is 16.2. The van der Waals surface area contributed by atoms with Crippen molar-refractivity contribution in [2.24, 2.45) is 5.92 Å². The summed E-state index contributed by atoms with van der Waals surface area (Å²) in [5.74, 6) is -0.348. The fraction of sp³-hybridized carbons (Fsp3) is 0.846. The van der Waals surface area contributed by atoms with Gasteiger partial charge in [0, 0.05) is 13.1 Å². The molecule has 0 aromatic heterocycles. The second-order valence-electron chi connectivity index (χ2n) is 5.71. The summed E-state index contributed by atoms with van der Waals surface area (Å²) in [5, 5.41) is 2.75. The molecule has 7 nitrogen and oxygen atoms in total. The Bertz CT molecular complexity index is 490. The van der Waals surface area contributed by atoms with Gasteiger partial charge in [0.25, 0.3) is 0 Å². The maximum Gasteiger partial charge on any atom is 0.242 e. The van der Waals surface area contributed by atoms with E-state index in [1.165, 1.54) is 18.7 Å². The van der Waals surface area contributed by atoms with Gasteiger partial charge >= 0.3 is 0 Å². The summed E-state index contributed by atoms with van der Waals surface area (Å²) in [6.07, 6.45) is 0.560. The lowest BCUT2D eigenvalue weighted by Gasteiger charge is -2.37. The number of rotatable bonds is 6. The summed E-state index contributed by atoms with van der Waals surface area (Å²) in [7, 11) is -3.45. The minimum atomic E-state index is -3.45. The lowest BCUT2D eigenvalue weighted by molar-refractivity contribution is -0.144. The third-order valence-corrected chi connectivity index (χ3v) is 4.89. The van der Waals surface area contributed by atoms with Crippen LogP contribution in [-0.4, -0.2) is 56.1 Å². The zero-order valence-corrected chi connectivity index (χ0v) is 13.9. The zero-order valence-electron chi connectivity index (χ0n) is 13.0. The maximum absolute atomic E-state index is 12.4. The monoisotopic (exact) mass is 319 g/mol. The van der Waals surface area contributed by atoms with Crippen molar-refractivity contribution in [2.45, 2.75) is 46.2 Å². The highest BCUT2D eigenvalue weighted by atomic mass is 32.2. The van der Waals surface area contributed by atoms with E-state index in [9.17, 15) is 18.0 Å². The average molecular weight is 319 g/mol. The molecule has 0 unspecified atom stereocenters. The van der Waals surface area contributed by atoms with Gasteiger partial charge in [-0.05, 0) is 26.2 Å². The Kier molecular flexibility index (Phi) is 6.15. The van der Waals surface area contributed by atoms with Crippen LogP contribution in [0.1, 0.15) is 34.1 Å². The van der Waals surface area contributed by atoms with Crippen molar-refractivity contribution in [3.8, 4) is 0 Å². The van der Waals surface area contributed by atoms with Crippen LogP contribution in [0, 0.1) is 5.92 Å². The van der Waals surface area contributed by atoms with Crippen molar-refractivity contribution >= 4 is 21.8 Å². The number of nitrogens with zero attached hydrogens (tertiary/aromatic N) is 1. The van der Waals surface area contributed by atoms with Gasteiger partial charge in [0.05, 0.1) is 11.8 Å². The van der Waals surface area contributed by atoms with Crippen molar-refractivity contribution in [1.82, 2.24) is 14.9 Å². The van der Waals surface area contributed by atoms with E-state index in [1.54, 1.807) is 0 Å². The molecule has 0 radical (unpaired) electrons. The van der Waals surface area contributed by atoms with E-state index < -0.39 is 22.1 Å². The van der Waals surface area contributed by atoms with Gasteiger partial charge < -0.3 is 10.2 Å². The molecule has 1 aliphatic rings. The molecule has 2 amide bonds. The summed E-state index contributed by atoms with van der Waals surface area (Å²) in [5.41, 5.74) is 0. The fourth-order valence-corrected chi connectivity index (χ4v) is 3.12. The number of amides is 2. The molecule has 1 saturated heterocycles. The van der Waals surface area contributed by atoms with E-state index in [0.29, 0.717) is 19.5 Å². The van der Waals surface area contributed by atoms with E-state index in [1.807, 2.05) is 13.8 Å². The summed E-state index contributed by atoms with van der Waals surface area (Å²) in [6, 6.07) is -1.39. The third kappa shape index (κ3) is 4.96. The molecule has 8 heteroatoms. The first-order chi connectivity index (χ1) is 9.68. The van der Waals surface area contributed by atoms with E-state index >= 15 is 0 Å². The highest BCUT2D eigenvalue weighted by Crippen LogP contribution is 2.16. The molecule has 1 fully saturated rings. The minimum Gasteiger partial charge on any atom is -0.353 e. The number of piperazine rings is 1. The van der Waals surface area contributed by atoms with Crippen LogP contribution in [0.3, 0.4) is 0 Å². The third-order valence-electron chi connectivity index (χ3n) is 3.42. The smallest absolute Gasteiger partial charge is 0.242 e. The molecule has 2 atom stereocenters. The molecule has 21 heavy (non-hydrogen) atoms. The Morgan fingerprint density at radius 2 is 2.05 bits per heavy atom. The van der Waals surface area contributed by atoms with Crippen LogP contribution in [-0.2, 0) is 19.6 Å². The van der Waals surface area contributed by atoms with Gasteiger partial charge in [-0.2, -0.15) is 0 Å². The second-order valence-corrected chi connectivity index (χ2v) is 7.75. The van der Waals surface area contributed by atoms with E-state index in [0.717, 1.165) is 0 Å². The molecule has 0 spiro atoms. The maximum atomic E-state index is 12.4. The Balaban J connectivity index is 2.84. The van der Waals surface area contributed by atoms with Crippen LogP contribution in [0.5, 0.6) is 0 Å². The van der Waals surface area contributed by atoms with Crippen LogP contribution in [0.15, 0.2) is 0 Å². The van der Waals surface area contributed by atoms with Crippen LogP contribution >= 0.6 is 0 Å². The largest absolute Gasteiger partial charge is 0.353 e. The predicted molar refractivity (Wildman–Crippen MR) is 80.0 cm³/mol.